The molecule has 120 valence electrons. The Bertz CT molecular complexity index is 899. The molecule has 2 rings (SSSR count). The third-order valence-corrected chi connectivity index (χ3v) is 4.79. The second-order valence-corrected chi connectivity index (χ2v) is 7.15. The van der Waals surface area contributed by atoms with Gasteiger partial charge in [-0.1, -0.05) is 17.7 Å². The fraction of sp³-hybridized carbons (Fsp3) is 0.143. The van der Waals surface area contributed by atoms with Gasteiger partial charge in [-0.25, -0.2) is 4.21 Å². The van der Waals surface area contributed by atoms with Gasteiger partial charge in [0.25, 0.3) is 5.69 Å². The summed E-state index contributed by atoms with van der Waals surface area (Å²) in [6, 6.07) is 9.83. The van der Waals surface area contributed by atoms with Gasteiger partial charge in [-0.05, 0) is 25.1 Å². The summed E-state index contributed by atoms with van der Waals surface area (Å²) in [6.07, 6.45) is 1.36. The maximum absolute atomic E-state index is 12.7. The van der Waals surface area contributed by atoms with Crippen LogP contribution in [0.5, 0.6) is 0 Å². The second kappa shape index (κ2) is 6.13. The summed E-state index contributed by atoms with van der Waals surface area (Å²) in [5.41, 5.74) is -0.159. The van der Waals surface area contributed by atoms with E-state index in [1.165, 1.54) is 6.26 Å². The fourth-order valence-corrected chi connectivity index (χ4v) is 3.16. The van der Waals surface area contributed by atoms with Crippen LogP contribution in [0.1, 0.15) is 5.56 Å². The van der Waals surface area contributed by atoms with Gasteiger partial charge in [-0.3, -0.25) is 20.2 Å². The zero-order valence-corrected chi connectivity index (χ0v) is 13.1. The van der Waals surface area contributed by atoms with Gasteiger partial charge in [0, 0.05) is 17.2 Å². The third kappa shape index (κ3) is 3.69. The molecule has 0 radical (unpaired) electrons. The first kappa shape index (κ1) is 16.6. The van der Waals surface area contributed by atoms with Gasteiger partial charge in [0.1, 0.15) is 0 Å². The number of benzene rings is 2. The van der Waals surface area contributed by atoms with Crippen molar-refractivity contribution in [1.82, 2.24) is 0 Å². The van der Waals surface area contributed by atoms with Gasteiger partial charge in [-0.15, -0.1) is 0 Å². The van der Waals surface area contributed by atoms with E-state index < -0.39 is 31.0 Å². The maximum Gasteiger partial charge on any atom is 0.302 e. The Labute approximate surface area is 132 Å². The molecule has 0 saturated carbocycles. The molecule has 0 aliphatic heterocycles. The molecule has 23 heavy (non-hydrogen) atoms. The maximum atomic E-state index is 12.7. The molecule has 0 saturated heterocycles. The van der Waals surface area contributed by atoms with Gasteiger partial charge in [0.15, 0.2) is 5.69 Å². The molecule has 0 amide bonds. The van der Waals surface area contributed by atoms with Crippen LogP contribution in [0.15, 0.2) is 51.7 Å². The van der Waals surface area contributed by atoms with Gasteiger partial charge in [-0.2, -0.15) is 4.36 Å². The first-order chi connectivity index (χ1) is 10.7. The van der Waals surface area contributed by atoms with E-state index in [2.05, 4.69) is 4.36 Å². The average Bonchev–Trinajstić information content (AvgIpc) is 2.47. The molecule has 0 heterocycles. The highest BCUT2D eigenvalue weighted by atomic mass is 32.2. The van der Waals surface area contributed by atoms with Crippen LogP contribution in [0.4, 0.5) is 17.1 Å². The molecular formula is C14H13N3O5S. The Kier molecular flexibility index (Phi) is 4.41. The molecule has 0 bridgehead atoms. The average molecular weight is 335 g/mol. The van der Waals surface area contributed by atoms with E-state index in [-0.39, 0.29) is 5.69 Å². The van der Waals surface area contributed by atoms with Crippen LogP contribution >= 0.6 is 0 Å². The van der Waals surface area contributed by atoms with Crippen molar-refractivity contribution in [3.63, 3.8) is 0 Å². The molecule has 2 aromatic rings. The summed E-state index contributed by atoms with van der Waals surface area (Å²) in [4.78, 5) is 20.7. The lowest BCUT2D eigenvalue weighted by Crippen LogP contribution is -1.98. The highest BCUT2D eigenvalue weighted by Crippen LogP contribution is 2.33. The third-order valence-electron chi connectivity index (χ3n) is 3.10. The molecule has 2 aromatic carbocycles. The molecular weight excluding hydrogens is 322 g/mol. The fourth-order valence-electron chi connectivity index (χ4n) is 1.88. The van der Waals surface area contributed by atoms with Crippen molar-refractivity contribution < 1.29 is 14.1 Å². The lowest BCUT2D eigenvalue weighted by atomic mass is 10.2. The quantitative estimate of drug-likeness (QED) is 0.625. The Balaban J connectivity index is 2.61. The first-order valence-electron chi connectivity index (χ1n) is 6.42. The van der Waals surface area contributed by atoms with Crippen LogP contribution in [-0.2, 0) is 9.73 Å². The molecule has 0 aromatic heterocycles. The number of hydrogen-bond acceptors (Lipinski definition) is 6. The van der Waals surface area contributed by atoms with Crippen LogP contribution in [-0.4, -0.2) is 20.3 Å². The minimum absolute atomic E-state index is 0.159. The van der Waals surface area contributed by atoms with Crippen molar-refractivity contribution >= 4 is 26.8 Å². The van der Waals surface area contributed by atoms with Crippen molar-refractivity contribution in [3.05, 3.63) is 68.3 Å². The monoisotopic (exact) mass is 335 g/mol. The van der Waals surface area contributed by atoms with E-state index in [0.717, 1.165) is 23.8 Å². The molecule has 0 N–H and O–H groups in total. The van der Waals surface area contributed by atoms with Crippen molar-refractivity contribution in [2.75, 3.05) is 6.26 Å². The van der Waals surface area contributed by atoms with Crippen molar-refractivity contribution in [2.45, 2.75) is 11.8 Å². The summed E-state index contributed by atoms with van der Waals surface area (Å²) < 4.78 is 16.7. The molecule has 0 spiro atoms. The topological polar surface area (TPSA) is 116 Å². The van der Waals surface area contributed by atoms with E-state index in [4.69, 9.17) is 0 Å². The Morgan fingerprint density at radius 1 is 1.00 bits per heavy atom. The van der Waals surface area contributed by atoms with E-state index in [9.17, 15) is 24.4 Å². The molecule has 1 atom stereocenters. The number of nitrogens with zero attached hydrogens (tertiary/aromatic N) is 3. The predicted octanol–water partition coefficient (Wildman–Crippen LogP) is 3.60. The van der Waals surface area contributed by atoms with E-state index >= 15 is 0 Å². The first-order valence-corrected chi connectivity index (χ1v) is 8.35. The van der Waals surface area contributed by atoms with Crippen molar-refractivity contribution in [3.8, 4) is 0 Å². The van der Waals surface area contributed by atoms with Crippen LogP contribution in [0, 0.1) is 27.2 Å². The molecule has 0 fully saturated rings. The van der Waals surface area contributed by atoms with Crippen molar-refractivity contribution in [1.29, 1.82) is 0 Å². The molecule has 8 nitrogen and oxygen atoms in total. The van der Waals surface area contributed by atoms with Gasteiger partial charge < -0.3 is 0 Å². The van der Waals surface area contributed by atoms with E-state index in [1.54, 1.807) is 24.3 Å². The number of non-ortho nitro benzene ring substituents is 1. The number of nitro groups is 2. The number of nitro benzene ring substituents is 2. The minimum atomic E-state index is -2.92. The van der Waals surface area contributed by atoms with Gasteiger partial charge >= 0.3 is 5.69 Å². The summed E-state index contributed by atoms with van der Waals surface area (Å²) in [6.45, 7) is 1.87. The van der Waals surface area contributed by atoms with E-state index in [0.29, 0.717) is 4.90 Å². The highest BCUT2D eigenvalue weighted by molar-refractivity contribution is 7.93. The smallest absolute Gasteiger partial charge is 0.258 e. The SMILES string of the molecule is Cc1ccc(S(C)(=O)=Nc2ccc([N+](=O)[O-])cc2[N+](=O)[O-])cc1. The predicted molar refractivity (Wildman–Crippen MR) is 85.4 cm³/mol. The molecule has 1 unspecified atom stereocenters. The number of hydrogen-bond donors (Lipinski definition) is 0. The highest BCUT2D eigenvalue weighted by Gasteiger charge is 2.20. The Morgan fingerprint density at radius 3 is 2.13 bits per heavy atom. The van der Waals surface area contributed by atoms with Crippen LogP contribution < -0.4 is 0 Å². The Hall–Kier alpha value is -2.81. The molecule has 0 aliphatic carbocycles. The number of rotatable bonds is 4. The molecule has 0 aliphatic rings. The normalized spacial score (nSPS) is 13.1. The lowest BCUT2D eigenvalue weighted by molar-refractivity contribution is -0.393. The summed E-state index contributed by atoms with van der Waals surface area (Å²) in [5.74, 6) is 0. The zero-order chi connectivity index (χ0) is 17.2. The zero-order valence-electron chi connectivity index (χ0n) is 12.3. The van der Waals surface area contributed by atoms with Crippen LogP contribution in [0.25, 0.3) is 0 Å². The Morgan fingerprint density at radius 2 is 1.61 bits per heavy atom. The summed E-state index contributed by atoms with van der Waals surface area (Å²) in [5, 5.41) is 21.8. The minimum Gasteiger partial charge on any atom is -0.258 e. The summed E-state index contributed by atoms with van der Waals surface area (Å²) in [7, 11) is -2.92. The summed E-state index contributed by atoms with van der Waals surface area (Å²) >= 11 is 0. The van der Waals surface area contributed by atoms with E-state index in [1.807, 2.05) is 6.92 Å². The molecule has 9 heteroatoms. The van der Waals surface area contributed by atoms with Gasteiger partial charge in [0.05, 0.1) is 25.6 Å². The van der Waals surface area contributed by atoms with Crippen LogP contribution in [0.3, 0.4) is 0 Å². The second-order valence-electron chi connectivity index (χ2n) is 4.89. The standard InChI is InChI=1S/C14H13N3O5S/c1-10-3-6-12(7-4-10)23(2,22)15-13-8-5-11(16(18)19)9-14(13)17(20)21/h3-9H,1-2H3. The lowest BCUT2D eigenvalue weighted by Gasteiger charge is -2.05. The van der Waals surface area contributed by atoms with Crippen molar-refractivity contribution in [2.24, 2.45) is 4.36 Å². The largest absolute Gasteiger partial charge is 0.302 e. The van der Waals surface area contributed by atoms with Gasteiger partial charge in [0.2, 0.25) is 0 Å². The van der Waals surface area contributed by atoms with Crippen LogP contribution in [0.2, 0.25) is 0 Å². The number of aryl methyl sites for hydroxylation is 1.